The summed E-state index contributed by atoms with van der Waals surface area (Å²) in [5.41, 5.74) is 0. The summed E-state index contributed by atoms with van der Waals surface area (Å²) >= 11 is 1.49. The Balaban J connectivity index is 2.19. The third-order valence-electron chi connectivity index (χ3n) is 0.167. The molecule has 0 aromatic heterocycles. The Labute approximate surface area is 38.2 Å². The van der Waals surface area contributed by atoms with Gasteiger partial charge in [0.05, 0.1) is 7.11 Å². The van der Waals surface area contributed by atoms with E-state index in [2.05, 4.69) is 10.8 Å². The Bertz CT molecular complexity index is 17.1. The second-order valence-corrected chi connectivity index (χ2v) is 3.09. The largest absolute Gasteiger partial charge is 0.314 e. The van der Waals surface area contributed by atoms with E-state index in [-0.39, 0.29) is 0 Å². The van der Waals surface area contributed by atoms with Gasteiger partial charge < -0.3 is 4.18 Å². The summed E-state index contributed by atoms with van der Waals surface area (Å²) in [6.45, 7) is 2.08. The predicted molar refractivity (Wildman–Crippen MR) is 28.8 cm³/mol. The Morgan fingerprint density at radius 1 is 1.80 bits per heavy atom. The van der Waals surface area contributed by atoms with E-state index >= 15 is 0 Å². The average Bonchev–Trinajstić information content (AvgIpc) is 1.41. The number of hydrogen-bond acceptors (Lipinski definition) is 2. The Morgan fingerprint density at radius 3 is 2.40 bits per heavy atom. The van der Waals surface area contributed by atoms with Crippen LogP contribution >= 0.6 is 19.4 Å². The Morgan fingerprint density at radius 2 is 2.40 bits per heavy atom. The van der Waals surface area contributed by atoms with Crippen LogP contribution in [0.4, 0.5) is 0 Å². The second kappa shape index (κ2) is 4.74. The molecule has 32 valence electrons. The predicted octanol–water partition coefficient (Wildman–Crippen LogP) is 1.50. The van der Waals surface area contributed by atoms with Crippen LogP contribution in [0.2, 0.25) is 0 Å². The third-order valence-corrected chi connectivity index (χ3v) is 1.50. The molecule has 0 aliphatic heterocycles. The van der Waals surface area contributed by atoms with Crippen LogP contribution in [0.15, 0.2) is 0 Å². The van der Waals surface area contributed by atoms with Crippen molar-refractivity contribution in [3.05, 3.63) is 0 Å². The average molecular weight is 110 g/mol. The Kier molecular flexibility index (Phi) is 5.44. The molecule has 0 aromatic carbocycles. The van der Waals surface area contributed by atoms with Crippen molar-refractivity contribution in [2.45, 2.75) is 0 Å². The van der Waals surface area contributed by atoms with Gasteiger partial charge >= 0.3 is 0 Å². The second-order valence-electron chi connectivity index (χ2n) is 0.454. The highest BCUT2D eigenvalue weighted by atomic mass is 32.7. The van der Waals surface area contributed by atoms with E-state index in [9.17, 15) is 0 Å². The maximum absolute atomic E-state index is 4.62. The van der Waals surface area contributed by atoms with Crippen LogP contribution in [0.1, 0.15) is 0 Å². The molecule has 1 atom stereocenters. The molecular formula is C2H7OPS. The van der Waals surface area contributed by atoms with Gasteiger partial charge in [-0.05, 0) is 14.4 Å². The summed E-state index contributed by atoms with van der Waals surface area (Å²) in [4.78, 5) is 0. The molecule has 1 unspecified atom stereocenters. The van der Waals surface area contributed by atoms with Crippen molar-refractivity contribution in [2.24, 2.45) is 0 Å². The first-order chi connectivity index (χ1) is 2.41. The fraction of sp³-hybridized carbons (Fsp3) is 1.00. The first-order valence-corrected chi connectivity index (χ1v) is 4.25. The van der Waals surface area contributed by atoms with E-state index in [1.807, 2.05) is 0 Å². The van der Waals surface area contributed by atoms with E-state index in [0.717, 1.165) is 7.78 Å². The zero-order valence-corrected chi connectivity index (χ0v) is 5.13. The van der Waals surface area contributed by atoms with Crippen LogP contribution in [0.5, 0.6) is 0 Å². The van der Waals surface area contributed by atoms with Gasteiger partial charge in [0.2, 0.25) is 0 Å². The van der Waals surface area contributed by atoms with E-state index in [4.69, 9.17) is 0 Å². The molecule has 0 N–H and O–H groups in total. The van der Waals surface area contributed by atoms with Crippen LogP contribution in [0.3, 0.4) is 0 Å². The molecule has 1 nitrogen and oxygen atoms in total. The van der Waals surface area contributed by atoms with Crippen LogP contribution < -0.4 is 0 Å². The molecule has 0 radical (unpaired) electrons. The summed E-state index contributed by atoms with van der Waals surface area (Å²) in [6.07, 6.45) is 0. The van der Waals surface area contributed by atoms with Crippen molar-refractivity contribution in [3.8, 4) is 0 Å². The first kappa shape index (κ1) is 5.74. The Hall–Kier alpha value is 0.740. The van der Waals surface area contributed by atoms with E-state index in [1.165, 1.54) is 11.7 Å². The molecular weight excluding hydrogens is 103 g/mol. The summed E-state index contributed by atoms with van der Waals surface area (Å²) < 4.78 is 4.62. The lowest BCUT2D eigenvalue weighted by Gasteiger charge is -1.82. The van der Waals surface area contributed by atoms with Crippen molar-refractivity contribution in [1.82, 2.24) is 0 Å². The molecule has 0 fully saturated rings. The lowest BCUT2D eigenvalue weighted by Crippen LogP contribution is -1.50. The highest BCUT2D eigenvalue weighted by Gasteiger charge is 1.66. The van der Waals surface area contributed by atoms with Gasteiger partial charge in [-0.25, -0.2) is 0 Å². The molecule has 0 saturated carbocycles. The molecule has 0 aliphatic rings. The van der Waals surface area contributed by atoms with E-state index < -0.39 is 0 Å². The van der Waals surface area contributed by atoms with Crippen molar-refractivity contribution in [3.63, 3.8) is 0 Å². The van der Waals surface area contributed by atoms with Crippen LogP contribution in [-0.4, -0.2) is 13.8 Å². The van der Waals surface area contributed by atoms with Gasteiger partial charge in [0.25, 0.3) is 0 Å². The lowest BCUT2D eigenvalue weighted by atomic mass is 11.8. The maximum atomic E-state index is 4.62. The van der Waals surface area contributed by atoms with Crippen molar-refractivity contribution >= 4 is 19.4 Å². The quantitative estimate of drug-likeness (QED) is 0.393. The molecule has 0 spiro atoms. The van der Waals surface area contributed by atoms with Crippen LogP contribution in [0.25, 0.3) is 0 Å². The minimum atomic E-state index is 0.852. The maximum Gasteiger partial charge on any atom is 0.0507 e. The van der Waals surface area contributed by atoms with Gasteiger partial charge in [-0.2, -0.15) is 0 Å². The zero-order valence-electron chi connectivity index (χ0n) is 3.32. The molecule has 0 rings (SSSR count). The van der Waals surface area contributed by atoms with E-state index in [0.29, 0.717) is 0 Å². The van der Waals surface area contributed by atoms with Gasteiger partial charge in [-0.3, -0.25) is 0 Å². The van der Waals surface area contributed by atoms with Gasteiger partial charge in [0.1, 0.15) is 0 Å². The summed E-state index contributed by atoms with van der Waals surface area (Å²) in [6, 6.07) is 0. The SMILES string of the molecule is COSPC. The van der Waals surface area contributed by atoms with Crippen molar-refractivity contribution in [1.29, 1.82) is 0 Å². The smallest absolute Gasteiger partial charge is 0.0507 e. The molecule has 0 amide bonds. The highest BCUT2D eigenvalue weighted by Crippen LogP contribution is 2.23. The van der Waals surface area contributed by atoms with Crippen LogP contribution in [0, 0.1) is 0 Å². The van der Waals surface area contributed by atoms with Gasteiger partial charge in [-0.1, -0.05) is 0 Å². The number of rotatable bonds is 2. The monoisotopic (exact) mass is 110 g/mol. The van der Waals surface area contributed by atoms with Crippen molar-refractivity contribution < 1.29 is 4.18 Å². The number of hydrogen-bond donors (Lipinski definition) is 0. The summed E-state index contributed by atoms with van der Waals surface area (Å²) in [5.74, 6) is 0. The van der Waals surface area contributed by atoms with Crippen LogP contribution in [-0.2, 0) is 4.18 Å². The topological polar surface area (TPSA) is 9.23 Å². The van der Waals surface area contributed by atoms with Gasteiger partial charge in [-0.15, -0.1) is 0 Å². The van der Waals surface area contributed by atoms with Crippen molar-refractivity contribution in [2.75, 3.05) is 13.8 Å². The molecule has 3 heteroatoms. The minimum Gasteiger partial charge on any atom is -0.314 e. The molecule has 0 saturated heterocycles. The van der Waals surface area contributed by atoms with Gasteiger partial charge in [0.15, 0.2) is 0 Å². The standard InChI is InChI=1S/C2H7OPS/c1-3-5-4-2/h4H,1-2H3. The van der Waals surface area contributed by atoms with Gasteiger partial charge in [0, 0.05) is 11.7 Å². The fourth-order valence-corrected chi connectivity index (χ4v) is 0.750. The lowest BCUT2D eigenvalue weighted by molar-refractivity contribution is 0.497. The third kappa shape index (κ3) is 4.74. The normalized spacial score (nSPS) is 10.8. The highest BCUT2D eigenvalue weighted by molar-refractivity contribution is 8.46. The molecule has 5 heavy (non-hydrogen) atoms. The molecule has 0 heterocycles. The van der Waals surface area contributed by atoms with E-state index in [1.54, 1.807) is 7.11 Å². The molecule has 0 aromatic rings. The molecule has 0 aliphatic carbocycles. The first-order valence-electron chi connectivity index (χ1n) is 1.28. The molecule has 0 bridgehead atoms. The zero-order chi connectivity index (χ0) is 4.12. The summed E-state index contributed by atoms with van der Waals surface area (Å²) in [5, 5.41) is 0. The summed E-state index contributed by atoms with van der Waals surface area (Å²) in [7, 11) is 2.53. The fourth-order valence-electron chi connectivity index (χ4n) is 0.0833. The minimum absolute atomic E-state index is 0.852.